The van der Waals surface area contributed by atoms with E-state index in [9.17, 15) is 13.6 Å². The fraction of sp³-hybridized carbons (Fsp3) is 0.917. The number of amides is 1. The van der Waals surface area contributed by atoms with Gasteiger partial charge in [0.1, 0.15) is 0 Å². The molecule has 0 aromatic carbocycles. The highest BCUT2D eigenvalue weighted by atomic mass is 19.3. The first-order valence-corrected chi connectivity index (χ1v) is 6.40. The van der Waals surface area contributed by atoms with Gasteiger partial charge >= 0.3 is 6.43 Å². The molecule has 0 saturated carbocycles. The summed E-state index contributed by atoms with van der Waals surface area (Å²) in [4.78, 5) is 15.4. The van der Waals surface area contributed by atoms with Crippen molar-refractivity contribution in [3.8, 4) is 0 Å². The average Bonchev–Trinajstić information content (AvgIpc) is 2.30. The molecule has 0 radical (unpaired) electrons. The summed E-state index contributed by atoms with van der Waals surface area (Å²) in [6.45, 7) is 8.20. The third-order valence-corrected chi connectivity index (χ3v) is 3.46. The summed E-state index contributed by atoms with van der Waals surface area (Å²) in [5.74, 6) is -0.846. The SMILES string of the molecule is CC(C)C(CNC(=O)C(F)F)N1CCN(C)CC1. The van der Waals surface area contributed by atoms with Crippen LogP contribution in [0.1, 0.15) is 13.8 Å². The zero-order valence-corrected chi connectivity index (χ0v) is 11.3. The lowest BCUT2D eigenvalue weighted by Gasteiger charge is -2.39. The van der Waals surface area contributed by atoms with Crippen molar-refractivity contribution in [2.24, 2.45) is 5.92 Å². The minimum absolute atomic E-state index is 0.126. The van der Waals surface area contributed by atoms with Crippen LogP contribution in [0.25, 0.3) is 0 Å². The topological polar surface area (TPSA) is 35.6 Å². The van der Waals surface area contributed by atoms with E-state index in [4.69, 9.17) is 0 Å². The largest absolute Gasteiger partial charge is 0.350 e. The number of rotatable bonds is 5. The lowest BCUT2D eigenvalue weighted by Crippen LogP contribution is -2.54. The van der Waals surface area contributed by atoms with Gasteiger partial charge in [0.15, 0.2) is 0 Å². The van der Waals surface area contributed by atoms with Crippen molar-refractivity contribution in [3.63, 3.8) is 0 Å². The smallest absolute Gasteiger partial charge is 0.315 e. The molecule has 18 heavy (non-hydrogen) atoms. The molecule has 0 aliphatic carbocycles. The summed E-state index contributed by atoms with van der Waals surface area (Å²) in [6, 6.07) is 0.126. The third-order valence-electron chi connectivity index (χ3n) is 3.46. The van der Waals surface area contributed by atoms with Gasteiger partial charge in [0.2, 0.25) is 0 Å². The van der Waals surface area contributed by atoms with E-state index in [0.29, 0.717) is 12.5 Å². The van der Waals surface area contributed by atoms with Crippen LogP contribution in [0, 0.1) is 5.92 Å². The van der Waals surface area contributed by atoms with E-state index in [1.165, 1.54) is 0 Å². The van der Waals surface area contributed by atoms with Crippen molar-refractivity contribution in [1.29, 1.82) is 0 Å². The normalized spacial score (nSPS) is 20.4. The summed E-state index contributed by atoms with van der Waals surface area (Å²) >= 11 is 0. The van der Waals surface area contributed by atoms with E-state index in [1.807, 2.05) is 0 Å². The van der Waals surface area contributed by atoms with E-state index in [1.54, 1.807) is 0 Å². The Morgan fingerprint density at radius 2 is 1.78 bits per heavy atom. The van der Waals surface area contributed by atoms with E-state index in [2.05, 4.69) is 36.0 Å². The quantitative estimate of drug-likeness (QED) is 0.790. The van der Waals surface area contributed by atoms with Crippen LogP contribution in [0.4, 0.5) is 8.78 Å². The maximum Gasteiger partial charge on any atom is 0.315 e. The highest BCUT2D eigenvalue weighted by molar-refractivity contribution is 5.79. The van der Waals surface area contributed by atoms with Gasteiger partial charge in [-0.2, -0.15) is 8.78 Å². The van der Waals surface area contributed by atoms with E-state index < -0.39 is 12.3 Å². The van der Waals surface area contributed by atoms with E-state index in [-0.39, 0.29) is 6.04 Å². The Labute approximate surface area is 107 Å². The molecule has 0 aromatic heterocycles. The first kappa shape index (κ1) is 15.3. The minimum Gasteiger partial charge on any atom is -0.350 e. The molecule has 1 atom stereocenters. The molecule has 1 N–H and O–H groups in total. The molecule has 1 aliphatic heterocycles. The molecule has 1 saturated heterocycles. The second kappa shape index (κ2) is 6.99. The highest BCUT2D eigenvalue weighted by Gasteiger charge is 2.26. The summed E-state index contributed by atoms with van der Waals surface area (Å²) in [5, 5.41) is 2.33. The number of hydrogen-bond donors (Lipinski definition) is 1. The highest BCUT2D eigenvalue weighted by Crippen LogP contribution is 2.13. The van der Waals surface area contributed by atoms with Crippen LogP contribution in [0.2, 0.25) is 0 Å². The fourth-order valence-electron chi connectivity index (χ4n) is 2.22. The third kappa shape index (κ3) is 4.49. The molecular formula is C12H23F2N3O. The lowest BCUT2D eigenvalue weighted by molar-refractivity contribution is -0.132. The summed E-state index contributed by atoms with van der Waals surface area (Å²) < 4.78 is 24.3. The Bertz CT molecular complexity index is 266. The molecule has 0 bridgehead atoms. The number of carbonyl (C=O) groups is 1. The number of alkyl halides is 2. The standard InChI is InChI=1S/C12H23F2N3O/c1-9(2)10(8-15-12(18)11(13)14)17-6-4-16(3)5-7-17/h9-11H,4-8H2,1-3H3,(H,15,18). The van der Waals surface area contributed by atoms with Crippen molar-refractivity contribution >= 4 is 5.91 Å². The Kier molecular flexibility index (Phi) is 5.95. The number of hydrogen-bond acceptors (Lipinski definition) is 3. The summed E-state index contributed by atoms with van der Waals surface area (Å²) in [5.41, 5.74) is 0. The minimum atomic E-state index is -2.93. The molecular weight excluding hydrogens is 240 g/mol. The Balaban J connectivity index is 2.47. The van der Waals surface area contributed by atoms with E-state index >= 15 is 0 Å². The molecule has 1 unspecified atom stereocenters. The molecule has 4 nitrogen and oxygen atoms in total. The van der Waals surface area contributed by atoms with Gasteiger partial charge in [-0.3, -0.25) is 9.69 Å². The van der Waals surface area contributed by atoms with Crippen molar-refractivity contribution in [2.75, 3.05) is 39.8 Å². The van der Waals surface area contributed by atoms with Gasteiger partial charge in [0, 0.05) is 38.8 Å². The predicted molar refractivity (Wildman–Crippen MR) is 66.7 cm³/mol. The van der Waals surface area contributed by atoms with Gasteiger partial charge in [-0.15, -0.1) is 0 Å². The number of halogens is 2. The van der Waals surface area contributed by atoms with Crippen LogP contribution in [0.5, 0.6) is 0 Å². The number of nitrogens with one attached hydrogen (secondary N) is 1. The number of carbonyl (C=O) groups excluding carboxylic acids is 1. The van der Waals surface area contributed by atoms with Crippen LogP contribution in [0.15, 0.2) is 0 Å². The lowest BCUT2D eigenvalue weighted by atomic mass is 10.0. The molecule has 0 aromatic rings. The van der Waals surface area contributed by atoms with Crippen LogP contribution < -0.4 is 5.32 Å². The number of likely N-dealkylation sites (N-methyl/N-ethyl adjacent to an activating group) is 1. The molecule has 1 fully saturated rings. The van der Waals surface area contributed by atoms with Crippen molar-refractivity contribution in [3.05, 3.63) is 0 Å². The average molecular weight is 263 g/mol. The van der Waals surface area contributed by atoms with Crippen LogP contribution >= 0.6 is 0 Å². The summed E-state index contributed by atoms with van der Waals surface area (Å²) in [6.07, 6.45) is -2.93. The van der Waals surface area contributed by atoms with Crippen molar-refractivity contribution < 1.29 is 13.6 Å². The first-order chi connectivity index (χ1) is 8.41. The van der Waals surface area contributed by atoms with Crippen LogP contribution in [-0.4, -0.2) is 67.9 Å². The predicted octanol–water partition coefficient (Wildman–Crippen LogP) is 0.640. The maximum atomic E-state index is 12.1. The van der Waals surface area contributed by atoms with Crippen LogP contribution in [-0.2, 0) is 4.79 Å². The van der Waals surface area contributed by atoms with Gasteiger partial charge in [-0.25, -0.2) is 0 Å². The second-order valence-electron chi connectivity index (χ2n) is 5.20. The molecule has 106 valence electrons. The zero-order valence-electron chi connectivity index (χ0n) is 11.3. The van der Waals surface area contributed by atoms with Gasteiger partial charge < -0.3 is 10.2 Å². The first-order valence-electron chi connectivity index (χ1n) is 6.40. The van der Waals surface area contributed by atoms with Gasteiger partial charge in [-0.1, -0.05) is 13.8 Å². The maximum absolute atomic E-state index is 12.1. The van der Waals surface area contributed by atoms with Crippen LogP contribution in [0.3, 0.4) is 0 Å². The second-order valence-corrected chi connectivity index (χ2v) is 5.20. The Hall–Kier alpha value is -0.750. The summed E-state index contributed by atoms with van der Waals surface area (Å²) in [7, 11) is 2.07. The Morgan fingerprint density at radius 3 is 2.22 bits per heavy atom. The van der Waals surface area contributed by atoms with Crippen molar-refractivity contribution in [2.45, 2.75) is 26.3 Å². The van der Waals surface area contributed by atoms with Gasteiger partial charge in [-0.05, 0) is 13.0 Å². The van der Waals surface area contributed by atoms with Crippen molar-refractivity contribution in [1.82, 2.24) is 15.1 Å². The van der Waals surface area contributed by atoms with Gasteiger partial charge in [0.25, 0.3) is 5.91 Å². The number of piperazine rings is 1. The molecule has 1 amide bonds. The molecule has 1 aliphatic rings. The molecule has 0 spiro atoms. The van der Waals surface area contributed by atoms with E-state index in [0.717, 1.165) is 26.2 Å². The molecule has 6 heteroatoms. The van der Waals surface area contributed by atoms with Gasteiger partial charge in [0.05, 0.1) is 0 Å². The Morgan fingerprint density at radius 1 is 1.22 bits per heavy atom. The monoisotopic (exact) mass is 263 g/mol. The molecule has 1 heterocycles. The molecule has 1 rings (SSSR count). The fourth-order valence-corrected chi connectivity index (χ4v) is 2.22. The zero-order chi connectivity index (χ0) is 13.7. The number of nitrogens with zero attached hydrogens (tertiary/aromatic N) is 2.